The highest BCUT2D eigenvalue weighted by Gasteiger charge is 2.27. The van der Waals surface area contributed by atoms with Gasteiger partial charge in [-0.1, -0.05) is 36.8 Å². The number of nitrogens with one attached hydrogen (secondary N) is 2. The van der Waals surface area contributed by atoms with Crippen molar-refractivity contribution < 1.29 is 8.42 Å². The first-order chi connectivity index (χ1) is 12.9. The molecule has 8 heteroatoms. The number of hydrogen-bond donors (Lipinski definition) is 2. The van der Waals surface area contributed by atoms with Gasteiger partial charge in [-0.25, -0.2) is 12.7 Å². The second-order valence-corrected chi connectivity index (χ2v) is 9.51. The first kappa shape index (κ1) is 25.2. The molecule has 0 radical (unpaired) electrons. The number of aliphatic imine (C=N–C) groups is 1. The molecule has 28 heavy (non-hydrogen) atoms. The minimum absolute atomic E-state index is 0. The molecule has 1 heterocycles. The second-order valence-electron chi connectivity index (χ2n) is 7.25. The van der Waals surface area contributed by atoms with Gasteiger partial charge in [0.15, 0.2) is 5.96 Å². The van der Waals surface area contributed by atoms with Crippen LogP contribution >= 0.6 is 24.0 Å². The lowest BCUT2D eigenvalue weighted by molar-refractivity contribution is 0.306. The average molecular weight is 522 g/mol. The Kier molecular flexibility index (Phi) is 10.8. The molecule has 1 aliphatic heterocycles. The molecule has 0 bridgehead atoms. The summed E-state index contributed by atoms with van der Waals surface area (Å²) in [6.45, 7) is 10.7. The SMILES string of the molecule is CCNC(=NCC(C)c1ccc(C)cc1)NC1CCN(S(=O)(=O)CC)CC1.I. The number of hydrogen-bond acceptors (Lipinski definition) is 3. The average Bonchev–Trinajstić information content (AvgIpc) is 2.67. The van der Waals surface area contributed by atoms with Gasteiger partial charge < -0.3 is 10.6 Å². The molecule has 0 saturated carbocycles. The summed E-state index contributed by atoms with van der Waals surface area (Å²) in [4.78, 5) is 4.75. The number of guanidine groups is 1. The molecule has 1 aromatic rings. The Bertz CT molecular complexity index is 714. The number of aryl methyl sites for hydroxylation is 1. The van der Waals surface area contributed by atoms with Crippen LogP contribution < -0.4 is 10.6 Å². The van der Waals surface area contributed by atoms with E-state index >= 15 is 0 Å². The molecule has 0 amide bonds. The van der Waals surface area contributed by atoms with Gasteiger partial charge in [0.05, 0.1) is 5.75 Å². The van der Waals surface area contributed by atoms with Gasteiger partial charge in [0, 0.05) is 38.1 Å². The molecule has 1 aromatic carbocycles. The van der Waals surface area contributed by atoms with Crippen molar-refractivity contribution in [3.05, 3.63) is 35.4 Å². The third-order valence-corrected chi connectivity index (χ3v) is 6.95. The predicted molar refractivity (Wildman–Crippen MR) is 128 cm³/mol. The van der Waals surface area contributed by atoms with Crippen molar-refractivity contribution in [1.82, 2.24) is 14.9 Å². The highest BCUT2D eigenvalue weighted by atomic mass is 127. The summed E-state index contributed by atoms with van der Waals surface area (Å²) in [6.07, 6.45) is 1.61. The van der Waals surface area contributed by atoms with E-state index < -0.39 is 10.0 Å². The summed E-state index contributed by atoms with van der Waals surface area (Å²) in [6, 6.07) is 8.86. The van der Waals surface area contributed by atoms with E-state index in [0.717, 1.165) is 25.3 Å². The standard InChI is InChI=1S/C20H34N4O2S.HI/c1-5-21-20(22-15-17(4)18-9-7-16(3)8-10-18)23-19-11-13-24(14-12-19)27(25,26)6-2;/h7-10,17,19H,5-6,11-15H2,1-4H3,(H2,21,22,23);1H. The number of halogens is 1. The molecule has 160 valence electrons. The van der Waals surface area contributed by atoms with Crippen LogP contribution in [0.2, 0.25) is 0 Å². The third kappa shape index (κ3) is 7.51. The number of rotatable bonds is 7. The largest absolute Gasteiger partial charge is 0.357 e. The lowest BCUT2D eigenvalue weighted by Gasteiger charge is -2.32. The molecule has 0 spiro atoms. The van der Waals surface area contributed by atoms with Gasteiger partial charge in [-0.3, -0.25) is 4.99 Å². The lowest BCUT2D eigenvalue weighted by atomic mass is 10.0. The van der Waals surface area contributed by atoms with Gasteiger partial charge in [-0.05, 0) is 39.2 Å². The Labute approximate surface area is 187 Å². The molecule has 2 N–H and O–H groups in total. The van der Waals surface area contributed by atoms with Crippen molar-refractivity contribution in [2.75, 3.05) is 31.9 Å². The van der Waals surface area contributed by atoms with Gasteiger partial charge in [0.1, 0.15) is 0 Å². The van der Waals surface area contributed by atoms with E-state index in [1.54, 1.807) is 11.2 Å². The van der Waals surface area contributed by atoms with E-state index in [2.05, 4.69) is 55.7 Å². The lowest BCUT2D eigenvalue weighted by Crippen LogP contribution is -2.50. The zero-order valence-electron chi connectivity index (χ0n) is 17.4. The van der Waals surface area contributed by atoms with Crippen LogP contribution in [0, 0.1) is 6.92 Å². The molecule has 0 aliphatic carbocycles. The summed E-state index contributed by atoms with van der Waals surface area (Å²) in [5.74, 6) is 1.33. The van der Waals surface area contributed by atoms with Gasteiger partial charge in [0.2, 0.25) is 10.0 Å². The van der Waals surface area contributed by atoms with E-state index in [1.165, 1.54) is 11.1 Å². The Balaban J connectivity index is 0.00000392. The molecule has 1 aliphatic rings. The smallest absolute Gasteiger partial charge is 0.213 e. The van der Waals surface area contributed by atoms with Crippen molar-refractivity contribution in [2.45, 2.75) is 52.5 Å². The zero-order chi connectivity index (χ0) is 19.9. The maximum atomic E-state index is 12.0. The van der Waals surface area contributed by atoms with E-state index in [9.17, 15) is 8.42 Å². The zero-order valence-corrected chi connectivity index (χ0v) is 20.6. The molecule has 6 nitrogen and oxygen atoms in total. The summed E-state index contributed by atoms with van der Waals surface area (Å²) in [5, 5.41) is 6.79. The molecule has 2 rings (SSSR count). The minimum Gasteiger partial charge on any atom is -0.357 e. The minimum atomic E-state index is -3.08. The fourth-order valence-corrected chi connectivity index (χ4v) is 4.34. The van der Waals surface area contributed by atoms with Crippen LogP contribution in [0.3, 0.4) is 0 Å². The highest BCUT2D eigenvalue weighted by molar-refractivity contribution is 14.0. The van der Waals surface area contributed by atoms with E-state index in [4.69, 9.17) is 4.99 Å². The van der Waals surface area contributed by atoms with Crippen molar-refractivity contribution in [2.24, 2.45) is 4.99 Å². The number of nitrogens with zero attached hydrogens (tertiary/aromatic N) is 2. The number of benzene rings is 1. The van der Waals surface area contributed by atoms with Crippen LogP contribution in [0.5, 0.6) is 0 Å². The topological polar surface area (TPSA) is 73.8 Å². The van der Waals surface area contributed by atoms with Gasteiger partial charge in [-0.2, -0.15) is 0 Å². The van der Waals surface area contributed by atoms with Crippen LogP contribution in [0.25, 0.3) is 0 Å². The summed E-state index contributed by atoms with van der Waals surface area (Å²) >= 11 is 0. The first-order valence-electron chi connectivity index (χ1n) is 9.95. The second kappa shape index (κ2) is 12.0. The van der Waals surface area contributed by atoms with Gasteiger partial charge >= 0.3 is 0 Å². The van der Waals surface area contributed by atoms with Crippen LogP contribution in [0.4, 0.5) is 0 Å². The normalized spacial score (nSPS) is 17.6. The monoisotopic (exact) mass is 522 g/mol. The van der Waals surface area contributed by atoms with Crippen LogP contribution in [0.1, 0.15) is 50.7 Å². The van der Waals surface area contributed by atoms with Crippen molar-refractivity contribution >= 4 is 40.0 Å². The molecular weight excluding hydrogens is 487 g/mol. The van der Waals surface area contributed by atoms with Crippen LogP contribution in [-0.4, -0.2) is 56.7 Å². The van der Waals surface area contributed by atoms with E-state index in [-0.39, 0.29) is 35.8 Å². The fourth-order valence-electron chi connectivity index (χ4n) is 3.20. The van der Waals surface area contributed by atoms with Crippen molar-refractivity contribution in [3.8, 4) is 0 Å². The van der Waals surface area contributed by atoms with Crippen molar-refractivity contribution in [3.63, 3.8) is 0 Å². The third-order valence-electron chi connectivity index (χ3n) is 5.07. The van der Waals surface area contributed by atoms with Gasteiger partial charge in [-0.15, -0.1) is 24.0 Å². The summed E-state index contributed by atoms with van der Waals surface area (Å²) in [5.41, 5.74) is 2.55. The van der Waals surface area contributed by atoms with Crippen molar-refractivity contribution in [1.29, 1.82) is 0 Å². The Hall–Kier alpha value is -0.870. The highest BCUT2D eigenvalue weighted by Crippen LogP contribution is 2.17. The Morgan fingerprint density at radius 1 is 1.21 bits per heavy atom. The predicted octanol–water partition coefficient (Wildman–Crippen LogP) is 3.09. The maximum absolute atomic E-state index is 12.0. The Morgan fingerprint density at radius 2 is 1.82 bits per heavy atom. The summed E-state index contributed by atoms with van der Waals surface area (Å²) in [7, 11) is -3.08. The van der Waals surface area contributed by atoms with Crippen LogP contribution in [-0.2, 0) is 10.0 Å². The number of piperidine rings is 1. The quantitative estimate of drug-likeness (QED) is 0.328. The molecule has 1 unspecified atom stereocenters. The molecule has 1 fully saturated rings. The van der Waals surface area contributed by atoms with E-state index in [1.807, 2.05) is 0 Å². The summed E-state index contributed by atoms with van der Waals surface area (Å²) < 4.78 is 25.6. The first-order valence-corrected chi connectivity index (χ1v) is 11.6. The number of sulfonamides is 1. The maximum Gasteiger partial charge on any atom is 0.213 e. The molecule has 0 aromatic heterocycles. The van der Waals surface area contributed by atoms with Crippen LogP contribution in [0.15, 0.2) is 29.3 Å². The fraction of sp³-hybridized carbons (Fsp3) is 0.650. The molecule has 1 atom stereocenters. The molecular formula is C20H35IN4O2S. The van der Waals surface area contributed by atoms with Gasteiger partial charge in [0.25, 0.3) is 0 Å². The van der Waals surface area contributed by atoms with E-state index in [0.29, 0.717) is 25.6 Å². The Morgan fingerprint density at radius 3 is 2.36 bits per heavy atom. The molecule has 1 saturated heterocycles.